The summed E-state index contributed by atoms with van der Waals surface area (Å²) in [6.45, 7) is 1.80. The predicted molar refractivity (Wildman–Crippen MR) is 91.0 cm³/mol. The SMILES string of the molecule is Cc1ccc(S(=O)(=O)NCP(=O)(O)Oc2ccc([N+](=O)[O-])cc2)cc1.[H-].[Na+]. The number of hydrogen-bond donors (Lipinski definition) is 2. The molecule has 2 rings (SSSR count). The molecule has 0 aromatic heterocycles. The quantitative estimate of drug-likeness (QED) is 0.272. The molecule has 2 N–H and O–H groups in total. The van der Waals surface area contributed by atoms with Gasteiger partial charge in [0.25, 0.3) is 5.69 Å². The van der Waals surface area contributed by atoms with Gasteiger partial charge in [-0.05, 0) is 31.2 Å². The van der Waals surface area contributed by atoms with Gasteiger partial charge in [-0.15, -0.1) is 0 Å². The van der Waals surface area contributed by atoms with E-state index in [-0.39, 0.29) is 47.3 Å². The van der Waals surface area contributed by atoms with Gasteiger partial charge in [-0.2, -0.15) is 4.72 Å². The number of benzene rings is 2. The Bertz CT molecular complexity index is 923. The summed E-state index contributed by atoms with van der Waals surface area (Å²) < 4.78 is 43.0. The summed E-state index contributed by atoms with van der Waals surface area (Å²) in [6, 6.07) is 10.4. The molecule has 0 saturated heterocycles. The standard InChI is InChI=1S/C14H15N2O7PS.Na.H/c1-11-2-8-14(9-3-11)25(21,22)15-10-24(19,20)23-13-6-4-12(5-7-13)16(17)18;;/h2-9,15H,10H2,1H3,(H,19,20);;/q;+1;-1. The molecular formula is C14H16N2NaO7PS. The number of hydrogen-bond acceptors (Lipinski definition) is 6. The average Bonchev–Trinajstić information content (AvgIpc) is 2.54. The third-order valence-corrected chi connectivity index (χ3v) is 5.77. The fourth-order valence-corrected chi connectivity index (χ4v) is 4.30. The van der Waals surface area contributed by atoms with Crippen LogP contribution in [0.15, 0.2) is 53.4 Å². The zero-order chi connectivity index (χ0) is 18.7. The number of nitrogens with one attached hydrogen (secondary N) is 1. The summed E-state index contributed by atoms with van der Waals surface area (Å²) >= 11 is 0. The number of nitro benzene ring substituents is 1. The Kier molecular flexibility index (Phi) is 7.97. The van der Waals surface area contributed by atoms with Gasteiger partial charge >= 0.3 is 37.2 Å². The second kappa shape index (κ2) is 9.09. The van der Waals surface area contributed by atoms with Crippen LogP contribution >= 0.6 is 7.60 Å². The van der Waals surface area contributed by atoms with Gasteiger partial charge in [0.05, 0.1) is 9.82 Å². The van der Waals surface area contributed by atoms with Gasteiger partial charge in [0, 0.05) is 12.1 Å². The molecule has 0 aliphatic rings. The number of nitrogens with zero attached hydrogens (tertiary/aromatic N) is 1. The first-order chi connectivity index (χ1) is 11.6. The Balaban J connectivity index is 0.00000338. The Morgan fingerprint density at radius 2 is 1.73 bits per heavy atom. The van der Waals surface area contributed by atoms with Crippen LogP contribution < -0.4 is 38.8 Å². The van der Waals surface area contributed by atoms with Crippen molar-refractivity contribution < 1.29 is 58.3 Å². The largest absolute Gasteiger partial charge is 1.00 e. The Morgan fingerprint density at radius 1 is 1.19 bits per heavy atom. The maximum atomic E-state index is 12.1. The predicted octanol–water partition coefficient (Wildman–Crippen LogP) is -0.480. The zero-order valence-electron chi connectivity index (χ0n) is 15.0. The van der Waals surface area contributed by atoms with E-state index in [1.54, 1.807) is 19.1 Å². The van der Waals surface area contributed by atoms with Crippen LogP contribution in [0.3, 0.4) is 0 Å². The van der Waals surface area contributed by atoms with Crippen LogP contribution in [0.4, 0.5) is 5.69 Å². The van der Waals surface area contributed by atoms with Crippen LogP contribution in [0.25, 0.3) is 0 Å². The molecule has 9 nitrogen and oxygen atoms in total. The number of rotatable bonds is 7. The van der Waals surface area contributed by atoms with E-state index in [9.17, 15) is 28.0 Å². The van der Waals surface area contributed by atoms with E-state index in [2.05, 4.69) is 0 Å². The molecule has 0 amide bonds. The topological polar surface area (TPSA) is 136 Å². The van der Waals surface area contributed by atoms with E-state index >= 15 is 0 Å². The van der Waals surface area contributed by atoms with Crippen LogP contribution in [0, 0.1) is 17.0 Å². The van der Waals surface area contributed by atoms with Gasteiger partial charge in [-0.3, -0.25) is 10.1 Å². The Hall–Kier alpha value is -1.26. The van der Waals surface area contributed by atoms with Gasteiger partial charge in [0.1, 0.15) is 12.0 Å². The molecule has 0 fully saturated rings. The monoisotopic (exact) mass is 410 g/mol. The van der Waals surface area contributed by atoms with Crippen LogP contribution in [-0.2, 0) is 14.6 Å². The summed E-state index contributed by atoms with van der Waals surface area (Å²) in [5.74, 6) is -0.0917. The Labute approximate surface area is 173 Å². The van der Waals surface area contributed by atoms with Crippen molar-refractivity contribution in [2.75, 3.05) is 6.29 Å². The molecule has 0 bridgehead atoms. The van der Waals surface area contributed by atoms with Crippen LogP contribution in [0.2, 0.25) is 0 Å². The van der Waals surface area contributed by atoms with E-state index in [0.29, 0.717) is 0 Å². The smallest absolute Gasteiger partial charge is 1.00 e. The molecule has 1 unspecified atom stereocenters. The van der Waals surface area contributed by atoms with Gasteiger partial charge in [0.2, 0.25) is 10.0 Å². The second-order valence-corrected chi connectivity index (χ2v) is 8.64. The summed E-state index contributed by atoms with van der Waals surface area (Å²) in [6.07, 6.45) is -0.847. The average molecular weight is 410 g/mol. The van der Waals surface area contributed by atoms with E-state index in [1.807, 2.05) is 4.72 Å². The summed E-state index contributed by atoms with van der Waals surface area (Å²) in [4.78, 5) is 19.6. The van der Waals surface area contributed by atoms with Crippen molar-refractivity contribution in [3.8, 4) is 5.75 Å². The van der Waals surface area contributed by atoms with E-state index in [4.69, 9.17) is 4.52 Å². The van der Waals surface area contributed by atoms with E-state index < -0.39 is 28.8 Å². The van der Waals surface area contributed by atoms with Crippen molar-refractivity contribution in [3.05, 3.63) is 64.2 Å². The third-order valence-electron chi connectivity index (χ3n) is 3.08. The molecule has 26 heavy (non-hydrogen) atoms. The minimum atomic E-state index is -4.34. The molecule has 0 aliphatic heterocycles. The van der Waals surface area contributed by atoms with Gasteiger partial charge in [-0.1, -0.05) is 17.7 Å². The molecule has 0 spiro atoms. The number of non-ortho nitro benzene ring substituents is 1. The van der Waals surface area contributed by atoms with Crippen molar-refractivity contribution >= 4 is 23.3 Å². The number of nitro groups is 1. The van der Waals surface area contributed by atoms with Crippen molar-refractivity contribution in [2.24, 2.45) is 0 Å². The maximum Gasteiger partial charge on any atom is 1.00 e. The van der Waals surface area contributed by atoms with Crippen LogP contribution in [0.1, 0.15) is 6.99 Å². The molecule has 1 atom stereocenters. The number of sulfonamides is 1. The van der Waals surface area contributed by atoms with Crippen LogP contribution in [0.5, 0.6) is 5.75 Å². The van der Waals surface area contributed by atoms with Crippen molar-refractivity contribution in [1.29, 1.82) is 0 Å². The second-order valence-electron chi connectivity index (χ2n) is 5.10. The minimum Gasteiger partial charge on any atom is -1.00 e. The maximum absolute atomic E-state index is 12.1. The molecule has 12 heteroatoms. The molecular weight excluding hydrogens is 394 g/mol. The molecule has 0 aliphatic carbocycles. The zero-order valence-corrected chi connectivity index (χ0v) is 17.7. The van der Waals surface area contributed by atoms with Crippen molar-refractivity contribution in [1.82, 2.24) is 4.72 Å². The van der Waals surface area contributed by atoms with Crippen molar-refractivity contribution in [2.45, 2.75) is 11.8 Å². The molecule has 2 aromatic rings. The normalized spacial score (nSPS) is 13.3. The number of aryl methyl sites for hydroxylation is 1. The molecule has 0 saturated carbocycles. The molecule has 0 heterocycles. The summed E-state index contributed by atoms with van der Waals surface area (Å²) in [7, 11) is -8.31. The van der Waals surface area contributed by atoms with Gasteiger partial charge in [0.15, 0.2) is 0 Å². The third kappa shape index (κ3) is 6.48. The molecule has 0 radical (unpaired) electrons. The molecule has 2 aromatic carbocycles. The first kappa shape index (κ1) is 22.8. The summed E-state index contributed by atoms with van der Waals surface area (Å²) in [5.41, 5.74) is 0.661. The van der Waals surface area contributed by atoms with E-state index in [1.165, 1.54) is 12.1 Å². The van der Waals surface area contributed by atoms with E-state index in [0.717, 1.165) is 29.8 Å². The first-order valence-corrected chi connectivity index (χ1v) is 10.2. The molecule has 136 valence electrons. The fourth-order valence-electron chi connectivity index (χ4n) is 1.79. The van der Waals surface area contributed by atoms with Crippen molar-refractivity contribution in [3.63, 3.8) is 0 Å². The first-order valence-electron chi connectivity index (χ1n) is 6.91. The Morgan fingerprint density at radius 3 is 2.23 bits per heavy atom. The minimum absolute atomic E-state index is 0. The fraction of sp³-hybridized carbons (Fsp3) is 0.143. The van der Waals surface area contributed by atoms with Gasteiger partial charge in [-0.25, -0.2) is 13.0 Å². The van der Waals surface area contributed by atoms with Gasteiger partial charge < -0.3 is 10.8 Å². The summed E-state index contributed by atoms with van der Waals surface area (Å²) in [5, 5.41) is 10.5. The van der Waals surface area contributed by atoms with Crippen LogP contribution in [-0.4, -0.2) is 24.5 Å².